The first-order valence-electron chi connectivity index (χ1n) is 3.49. The third-order valence-corrected chi connectivity index (χ3v) is 2.33. The second-order valence-corrected chi connectivity index (χ2v) is 3.50. The molecule has 1 aliphatic carbocycles. The van der Waals surface area contributed by atoms with E-state index in [1.807, 2.05) is 0 Å². The number of rotatable bonds is 1. The fraction of sp³-hybridized carbons (Fsp3) is 1.00. The van der Waals surface area contributed by atoms with E-state index < -0.39 is 0 Å². The molecule has 1 atom stereocenters. The first-order chi connectivity index (χ1) is 4.17. The highest BCUT2D eigenvalue weighted by Gasteiger charge is 2.35. The smallest absolute Gasteiger partial charge is 0.0970 e. The van der Waals surface area contributed by atoms with Gasteiger partial charge in [-0.15, -0.1) is 0 Å². The molecule has 2 heteroatoms. The SMILES string of the molecule is CC1(C)CCCC1N=O. The number of nitroso groups, excluding NO2 is 1. The Balaban J connectivity index is 2.62. The highest BCUT2D eigenvalue weighted by atomic mass is 16.3. The lowest BCUT2D eigenvalue weighted by Gasteiger charge is -2.19. The Bertz CT molecular complexity index is 120. The quantitative estimate of drug-likeness (QED) is 0.497. The van der Waals surface area contributed by atoms with Crippen LogP contribution in [0.3, 0.4) is 0 Å². The summed E-state index contributed by atoms with van der Waals surface area (Å²) >= 11 is 0. The normalized spacial score (nSPS) is 32.4. The van der Waals surface area contributed by atoms with Crippen LogP contribution in [-0.4, -0.2) is 6.04 Å². The predicted octanol–water partition coefficient (Wildman–Crippen LogP) is 2.33. The van der Waals surface area contributed by atoms with Crippen molar-refractivity contribution in [2.24, 2.45) is 10.6 Å². The summed E-state index contributed by atoms with van der Waals surface area (Å²) in [5.41, 5.74) is 0.182. The van der Waals surface area contributed by atoms with Gasteiger partial charge in [0.1, 0.15) is 0 Å². The number of hydrogen-bond acceptors (Lipinski definition) is 2. The summed E-state index contributed by atoms with van der Waals surface area (Å²) in [6, 6.07) is 0.0810. The topological polar surface area (TPSA) is 29.4 Å². The molecule has 1 saturated carbocycles. The van der Waals surface area contributed by atoms with Gasteiger partial charge in [-0.3, -0.25) is 0 Å². The van der Waals surface area contributed by atoms with Gasteiger partial charge in [-0.05, 0) is 18.3 Å². The van der Waals surface area contributed by atoms with Crippen molar-refractivity contribution in [3.63, 3.8) is 0 Å². The Kier molecular flexibility index (Phi) is 1.56. The fourth-order valence-electron chi connectivity index (χ4n) is 1.50. The molecule has 1 rings (SSSR count). The van der Waals surface area contributed by atoms with E-state index in [-0.39, 0.29) is 11.5 Å². The predicted molar refractivity (Wildman–Crippen MR) is 37.2 cm³/mol. The van der Waals surface area contributed by atoms with Crippen LogP contribution in [-0.2, 0) is 0 Å². The van der Waals surface area contributed by atoms with Crippen molar-refractivity contribution in [3.8, 4) is 0 Å². The van der Waals surface area contributed by atoms with Gasteiger partial charge >= 0.3 is 0 Å². The van der Waals surface area contributed by atoms with Gasteiger partial charge in [-0.2, -0.15) is 4.91 Å². The van der Waals surface area contributed by atoms with Gasteiger partial charge in [0.05, 0.1) is 6.04 Å². The van der Waals surface area contributed by atoms with Crippen molar-refractivity contribution in [3.05, 3.63) is 4.91 Å². The maximum Gasteiger partial charge on any atom is 0.0970 e. The van der Waals surface area contributed by atoms with Crippen LogP contribution < -0.4 is 0 Å². The van der Waals surface area contributed by atoms with Crippen molar-refractivity contribution in [1.82, 2.24) is 0 Å². The monoisotopic (exact) mass is 127 g/mol. The maximum absolute atomic E-state index is 10.2. The highest BCUT2D eigenvalue weighted by Crippen LogP contribution is 2.38. The lowest BCUT2D eigenvalue weighted by atomic mass is 9.88. The van der Waals surface area contributed by atoms with Crippen molar-refractivity contribution in [2.75, 3.05) is 0 Å². The van der Waals surface area contributed by atoms with Crippen molar-refractivity contribution < 1.29 is 0 Å². The second kappa shape index (κ2) is 2.09. The molecule has 52 valence electrons. The van der Waals surface area contributed by atoms with Crippen LogP contribution in [0, 0.1) is 10.3 Å². The first kappa shape index (κ1) is 6.72. The molecule has 1 fully saturated rings. The standard InChI is InChI=1S/C7H13NO/c1-7(2)5-3-4-6(7)8-9/h6H,3-5H2,1-2H3. The summed E-state index contributed by atoms with van der Waals surface area (Å²) in [6.07, 6.45) is 3.32. The third-order valence-electron chi connectivity index (χ3n) is 2.33. The molecule has 0 aromatic rings. The Morgan fingerprint density at radius 3 is 2.44 bits per heavy atom. The molecule has 0 aromatic heterocycles. The Morgan fingerprint density at radius 1 is 1.56 bits per heavy atom. The zero-order valence-electron chi connectivity index (χ0n) is 6.05. The summed E-state index contributed by atoms with van der Waals surface area (Å²) in [7, 11) is 0. The minimum absolute atomic E-state index is 0.0810. The Labute approximate surface area is 55.6 Å². The van der Waals surface area contributed by atoms with Crippen molar-refractivity contribution in [1.29, 1.82) is 0 Å². The molecule has 0 N–H and O–H groups in total. The largest absolute Gasteiger partial charge is 0.150 e. The molecule has 2 nitrogen and oxygen atoms in total. The van der Waals surface area contributed by atoms with E-state index in [0.29, 0.717) is 0 Å². The van der Waals surface area contributed by atoms with Crippen LogP contribution in [0.25, 0.3) is 0 Å². The first-order valence-corrected chi connectivity index (χ1v) is 3.49. The van der Waals surface area contributed by atoms with Gasteiger partial charge in [-0.1, -0.05) is 25.4 Å². The van der Waals surface area contributed by atoms with Crippen LogP contribution in [0.4, 0.5) is 0 Å². The molecular formula is C7H13NO. The fourth-order valence-corrected chi connectivity index (χ4v) is 1.50. The van der Waals surface area contributed by atoms with Crippen molar-refractivity contribution >= 4 is 0 Å². The number of hydrogen-bond donors (Lipinski definition) is 0. The molecule has 0 aromatic carbocycles. The molecule has 1 aliphatic rings. The van der Waals surface area contributed by atoms with E-state index >= 15 is 0 Å². The highest BCUT2D eigenvalue weighted by molar-refractivity contribution is 4.89. The maximum atomic E-state index is 10.2. The van der Waals surface area contributed by atoms with Crippen LogP contribution in [0.1, 0.15) is 33.1 Å². The average Bonchev–Trinajstić information content (AvgIpc) is 2.08. The van der Waals surface area contributed by atoms with Gasteiger partial charge in [0.2, 0.25) is 0 Å². The van der Waals surface area contributed by atoms with Crippen LogP contribution in [0.15, 0.2) is 5.18 Å². The molecule has 0 bridgehead atoms. The van der Waals surface area contributed by atoms with E-state index in [0.717, 1.165) is 12.8 Å². The summed E-state index contributed by atoms with van der Waals surface area (Å²) < 4.78 is 0. The molecule has 1 unspecified atom stereocenters. The molecular weight excluding hydrogens is 114 g/mol. The zero-order chi connectivity index (χ0) is 6.91. The molecule has 0 aliphatic heterocycles. The molecule has 0 heterocycles. The Hall–Kier alpha value is -0.400. The van der Waals surface area contributed by atoms with Gasteiger partial charge in [0.25, 0.3) is 0 Å². The lowest BCUT2D eigenvalue weighted by Crippen LogP contribution is -2.19. The minimum atomic E-state index is 0.0810. The minimum Gasteiger partial charge on any atom is -0.150 e. The van der Waals surface area contributed by atoms with Crippen LogP contribution in [0.2, 0.25) is 0 Å². The average molecular weight is 127 g/mol. The molecule has 0 spiro atoms. The Morgan fingerprint density at radius 2 is 2.22 bits per heavy atom. The van der Waals surface area contributed by atoms with E-state index in [1.54, 1.807) is 0 Å². The number of nitrogens with zero attached hydrogens (tertiary/aromatic N) is 1. The summed E-state index contributed by atoms with van der Waals surface area (Å²) in [6.45, 7) is 4.23. The lowest BCUT2D eigenvalue weighted by molar-refractivity contribution is 0.333. The van der Waals surface area contributed by atoms with Crippen LogP contribution in [0.5, 0.6) is 0 Å². The van der Waals surface area contributed by atoms with Gasteiger partial charge in [0.15, 0.2) is 0 Å². The molecule has 0 saturated heterocycles. The third kappa shape index (κ3) is 1.12. The summed E-state index contributed by atoms with van der Waals surface area (Å²) in [4.78, 5) is 10.2. The van der Waals surface area contributed by atoms with E-state index in [4.69, 9.17) is 0 Å². The second-order valence-electron chi connectivity index (χ2n) is 3.50. The van der Waals surface area contributed by atoms with Crippen molar-refractivity contribution in [2.45, 2.75) is 39.2 Å². The molecule has 9 heavy (non-hydrogen) atoms. The van der Waals surface area contributed by atoms with E-state index in [2.05, 4.69) is 19.0 Å². The summed E-state index contributed by atoms with van der Waals surface area (Å²) in [5.74, 6) is 0. The zero-order valence-corrected chi connectivity index (χ0v) is 6.05. The van der Waals surface area contributed by atoms with Gasteiger partial charge in [0, 0.05) is 0 Å². The van der Waals surface area contributed by atoms with E-state index in [1.165, 1.54) is 6.42 Å². The van der Waals surface area contributed by atoms with Gasteiger partial charge in [-0.25, -0.2) is 0 Å². The van der Waals surface area contributed by atoms with Crippen LogP contribution >= 0.6 is 0 Å². The molecule has 0 amide bonds. The molecule has 0 radical (unpaired) electrons. The summed E-state index contributed by atoms with van der Waals surface area (Å²) in [5, 5.41) is 3.09. The van der Waals surface area contributed by atoms with E-state index in [9.17, 15) is 4.91 Å². The van der Waals surface area contributed by atoms with Gasteiger partial charge < -0.3 is 0 Å².